The van der Waals surface area contributed by atoms with Crippen LogP contribution in [0.5, 0.6) is 0 Å². The Morgan fingerprint density at radius 1 is 1.60 bits per heavy atom. The third-order valence-corrected chi connectivity index (χ3v) is 1.35. The summed E-state index contributed by atoms with van der Waals surface area (Å²) in [7, 11) is 0. The van der Waals surface area contributed by atoms with Gasteiger partial charge in [0.25, 0.3) is 0 Å². The fourth-order valence-electron chi connectivity index (χ4n) is 0.840. The highest BCUT2D eigenvalue weighted by Crippen LogP contribution is 1.96. The molecule has 3 nitrogen and oxygen atoms in total. The number of hydrogen-bond donors (Lipinski definition) is 0. The van der Waals surface area contributed by atoms with Gasteiger partial charge in [-0.25, -0.2) is 9.97 Å². The van der Waals surface area contributed by atoms with Gasteiger partial charge in [-0.05, 0) is 13.0 Å². The Kier molecular flexibility index (Phi) is 0.974. The normalized spacial score (nSPS) is 10.5. The van der Waals surface area contributed by atoms with Crippen molar-refractivity contribution >= 4 is 5.78 Å². The average molecular weight is 132 g/mol. The average Bonchev–Trinajstić information content (AvgIpc) is 2.33. The van der Waals surface area contributed by atoms with E-state index in [0.29, 0.717) is 5.78 Å². The van der Waals surface area contributed by atoms with Crippen LogP contribution >= 0.6 is 0 Å². The predicted molar refractivity (Wildman–Crippen MR) is 36.6 cm³/mol. The third-order valence-electron chi connectivity index (χ3n) is 1.35. The van der Waals surface area contributed by atoms with Gasteiger partial charge in [0.15, 0.2) is 0 Å². The van der Waals surface area contributed by atoms with Crippen LogP contribution in [-0.2, 0) is 0 Å². The fourth-order valence-corrected chi connectivity index (χ4v) is 0.840. The van der Waals surface area contributed by atoms with E-state index in [1.165, 1.54) is 0 Å². The molecule has 0 saturated carbocycles. The van der Waals surface area contributed by atoms with E-state index in [-0.39, 0.29) is 0 Å². The van der Waals surface area contributed by atoms with Crippen molar-refractivity contribution in [1.82, 2.24) is 14.4 Å². The van der Waals surface area contributed by atoms with Gasteiger partial charge in [0.2, 0.25) is 5.78 Å². The lowest BCUT2D eigenvalue weighted by Crippen LogP contribution is -1.88. The number of nitrogens with zero attached hydrogens (tertiary/aromatic N) is 3. The maximum absolute atomic E-state index is 4.16. The molecule has 49 valence electrons. The zero-order valence-corrected chi connectivity index (χ0v) is 5.57. The van der Waals surface area contributed by atoms with E-state index >= 15 is 0 Å². The van der Waals surface area contributed by atoms with Crippen LogP contribution < -0.4 is 0 Å². The largest absolute Gasteiger partial charge is 0.290 e. The summed E-state index contributed by atoms with van der Waals surface area (Å²) in [5.41, 5.74) is 0.979. The second kappa shape index (κ2) is 1.80. The molecule has 0 unspecified atom stereocenters. The molecule has 0 N–H and O–H groups in total. The SMILES string of the molecule is Cc1ccn2c[c]nc2n1. The van der Waals surface area contributed by atoms with Crippen molar-refractivity contribution in [3.8, 4) is 0 Å². The van der Waals surface area contributed by atoms with Crippen LogP contribution in [0.4, 0.5) is 0 Å². The number of fused-ring (bicyclic) bond motifs is 1. The molecule has 0 bridgehead atoms. The molecular weight excluding hydrogens is 126 g/mol. The van der Waals surface area contributed by atoms with Crippen LogP contribution in [0.15, 0.2) is 18.5 Å². The van der Waals surface area contributed by atoms with E-state index < -0.39 is 0 Å². The third kappa shape index (κ3) is 0.673. The Morgan fingerprint density at radius 2 is 2.50 bits per heavy atom. The molecule has 1 radical (unpaired) electrons. The molecule has 10 heavy (non-hydrogen) atoms. The molecule has 3 heteroatoms. The second-order valence-corrected chi connectivity index (χ2v) is 2.15. The number of imidazole rings is 1. The van der Waals surface area contributed by atoms with Gasteiger partial charge in [0, 0.05) is 18.1 Å². The first-order valence-electron chi connectivity index (χ1n) is 3.05. The summed E-state index contributed by atoms with van der Waals surface area (Å²) >= 11 is 0. The molecule has 0 aliphatic carbocycles. The van der Waals surface area contributed by atoms with E-state index in [0.717, 1.165) is 5.69 Å². The molecule has 0 aliphatic rings. The summed E-state index contributed by atoms with van der Waals surface area (Å²) < 4.78 is 1.83. The maximum atomic E-state index is 4.16. The van der Waals surface area contributed by atoms with E-state index in [2.05, 4.69) is 16.2 Å². The summed E-state index contributed by atoms with van der Waals surface area (Å²) in [6, 6.07) is 1.93. The Labute approximate surface area is 58.4 Å². The van der Waals surface area contributed by atoms with Gasteiger partial charge in [-0.1, -0.05) is 0 Å². The summed E-state index contributed by atoms with van der Waals surface area (Å²) in [5, 5.41) is 0. The van der Waals surface area contributed by atoms with E-state index in [4.69, 9.17) is 0 Å². The standard InChI is InChI=1S/C7H6N3/c1-6-2-4-10-5-3-8-7(10)9-6/h2,4-5H,1H3. The highest BCUT2D eigenvalue weighted by Gasteiger charge is 1.92. The lowest BCUT2D eigenvalue weighted by atomic mass is 10.5. The minimum Gasteiger partial charge on any atom is -0.290 e. The van der Waals surface area contributed by atoms with Crippen molar-refractivity contribution in [2.45, 2.75) is 6.92 Å². The smallest absolute Gasteiger partial charge is 0.234 e. The number of hydrogen-bond acceptors (Lipinski definition) is 2. The predicted octanol–water partition coefficient (Wildman–Crippen LogP) is 0.838. The van der Waals surface area contributed by atoms with Crippen molar-refractivity contribution in [2.75, 3.05) is 0 Å². The highest BCUT2D eigenvalue weighted by atomic mass is 15.1. The monoisotopic (exact) mass is 132 g/mol. The van der Waals surface area contributed by atoms with Crippen molar-refractivity contribution < 1.29 is 0 Å². The molecule has 0 spiro atoms. The van der Waals surface area contributed by atoms with E-state index in [1.807, 2.05) is 23.6 Å². The molecule has 2 heterocycles. The van der Waals surface area contributed by atoms with Crippen molar-refractivity contribution in [3.63, 3.8) is 0 Å². The van der Waals surface area contributed by atoms with Crippen LogP contribution in [0.1, 0.15) is 5.69 Å². The Morgan fingerprint density at radius 3 is 3.40 bits per heavy atom. The zero-order chi connectivity index (χ0) is 6.97. The molecule has 0 amide bonds. The second-order valence-electron chi connectivity index (χ2n) is 2.15. The van der Waals surface area contributed by atoms with Gasteiger partial charge in [-0.15, -0.1) is 0 Å². The van der Waals surface area contributed by atoms with Crippen LogP contribution in [0, 0.1) is 13.1 Å². The van der Waals surface area contributed by atoms with E-state index in [1.54, 1.807) is 6.20 Å². The van der Waals surface area contributed by atoms with Gasteiger partial charge < -0.3 is 0 Å². The minimum atomic E-state index is 0.708. The van der Waals surface area contributed by atoms with Crippen molar-refractivity contribution in [1.29, 1.82) is 0 Å². The molecule has 0 aromatic carbocycles. The number of aromatic nitrogens is 3. The van der Waals surface area contributed by atoms with Gasteiger partial charge in [-0.2, -0.15) is 0 Å². The lowest BCUT2D eigenvalue weighted by Gasteiger charge is -1.91. The van der Waals surface area contributed by atoms with Gasteiger partial charge >= 0.3 is 0 Å². The number of rotatable bonds is 0. The minimum absolute atomic E-state index is 0.708. The lowest BCUT2D eigenvalue weighted by molar-refractivity contribution is 1.07. The van der Waals surface area contributed by atoms with Crippen molar-refractivity contribution in [3.05, 3.63) is 30.4 Å². The first-order chi connectivity index (χ1) is 4.86. The van der Waals surface area contributed by atoms with Crippen LogP contribution in [-0.4, -0.2) is 14.4 Å². The molecule has 2 rings (SSSR count). The van der Waals surface area contributed by atoms with Crippen LogP contribution in [0.2, 0.25) is 0 Å². The summed E-state index contributed by atoms with van der Waals surface area (Å²) in [6.45, 7) is 1.94. The van der Waals surface area contributed by atoms with Crippen LogP contribution in [0.3, 0.4) is 0 Å². The maximum Gasteiger partial charge on any atom is 0.234 e. The molecule has 0 fully saturated rings. The van der Waals surface area contributed by atoms with Gasteiger partial charge in [-0.3, -0.25) is 4.40 Å². The molecule has 0 atom stereocenters. The summed E-state index contributed by atoms with van der Waals surface area (Å²) in [5.74, 6) is 0.708. The Balaban J connectivity index is 2.86. The van der Waals surface area contributed by atoms with E-state index in [9.17, 15) is 0 Å². The topological polar surface area (TPSA) is 30.2 Å². The molecule has 0 saturated heterocycles. The Hall–Kier alpha value is -1.38. The summed E-state index contributed by atoms with van der Waals surface area (Å²) in [4.78, 5) is 8.06. The highest BCUT2D eigenvalue weighted by molar-refractivity contribution is 5.27. The molecule has 2 aromatic heterocycles. The van der Waals surface area contributed by atoms with Crippen molar-refractivity contribution in [2.24, 2.45) is 0 Å². The van der Waals surface area contributed by atoms with Crippen LogP contribution in [0.25, 0.3) is 5.78 Å². The molecule has 0 aliphatic heterocycles. The first-order valence-corrected chi connectivity index (χ1v) is 3.05. The first kappa shape index (κ1) is 5.41. The van der Waals surface area contributed by atoms with Gasteiger partial charge in [0.05, 0.1) is 0 Å². The Bertz CT molecular complexity index is 350. The molecular formula is C7H6N3. The number of aryl methyl sites for hydroxylation is 1. The zero-order valence-electron chi connectivity index (χ0n) is 5.57. The summed E-state index contributed by atoms with van der Waals surface area (Å²) in [6.07, 6.45) is 6.38. The quantitative estimate of drug-likeness (QED) is 0.531. The van der Waals surface area contributed by atoms with Gasteiger partial charge in [0.1, 0.15) is 6.20 Å². The molecule has 2 aromatic rings. The fraction of sp³-hybridized carbons (Fsp3) is 0.143.